The molecule has 1 N–H and O–H groups in total. The lowest BCUT2D eigenvalue weighted by molar-refractivity contribution is 0.658. The topological polar surface area (TPSA) is 24.4 Å². The molecular weight excluding hydrogens is 605 g/mol. The summed E-state index contributed by atoms with van der Waals surface area (Å²) in [6.07, 6.45) is 30.4. The molecule has 4 atom stereocenters. The Bertz CT molecular complexity index is 2230. The number of benzene rings is 4. The zero-order valence-corrected chi connectivity index (χ0v) is 28.4. The minimum Gasteiger partial charge on any atom is -0.359 e. The number of nitrogens with one attached hydrogen (secondary N) is 1. The lowest BCUT2D eigenvalue weighted by Crippen LogP contribution is -2.39. The average Bonchev–Trinajstić information content (AvgIpc) is 3.20. The lowest BCUT2D eigenvalue weighted by Gasteiger charge is -2.36. The summed E-state index contributed by atoms with van der Waals surface area (Å²) in [5, 5.41) is 6.70. The average molecular weight is 647 g/mol. The Balaban J connectivity index is 1.21. The first-order valence-corrected chi connectivity index (χ1v) is 18.3. The number of hydrogen-bond acceptors (Lipinski definition) is 2. The van der Waals surface area contributed by atoms with E-state index in [1.165, 1.54) is 66.7 Å². The molecule has 0 bridgehead atoms. The maximum absolute atomic E-state index is 5.74. The van der Waals surface area contributed by atoms with Gasteiger partial charge in [0.2, 0.25) is 0 Å². The summed E-state index contributed by atoms with van der Waals surface area (Å²) in [6.45, 7) is 0. The molecule has 50 heavy (non-hydrogen) atoms. The number of allylic oxidation sites excluding steroid dienone is 12. The van der Waals surface area contributed by atoms with Gasteiger partial charge in [-0.25, -0.2) is 0 Å². The third-order valence-corrected chi connectivity index (χ3v) is 11.0. The Morgan fingerprint density at radius 2 is 1.38 bits per heavy atom. The summed E-state index contributed by atoms with van der Waals surface area (Å²) in [5.74, 6) is 0.741. The molecule has 4 unspecified atom stereocenters. The van der Waals surface area contributed by atoms with Gasteiger partial charge in [0, 0.05) is 29.0 Å². The van der Waals surface area contributed by atoms with Crippen molar-refractivity contribution < 1.29 is 0 Å². The van der Waals surface area contributed by atoms with E-state index in [-0.39, 0.29) is 23.9 Å². The van der Waals surface area contributed by atoms with Crippen LogP contribution in [0.15, 0.2) is 185 Å². The van der Waals surface area contributed by atoms with Gasteiger partial charge in [-0.15, -0.1) is 0 Å². The molecule has 0 amide bonds. The van der Waals surface area contributed by atoms with Gasteiger partial charge in [-0.2, -0.15) is 0 Å². The minimum absolute atomic E-state index is 0.198. The molecule has 4 aliphatic carbocycles. The molecule has 4 aromatic rings. The molecule has 1 aliphatic heterocycles. The first kappa shape index (κ1) is 30.6. The monoisotopic (exact) mass is 646 g/mol. The number of nitrogens with zero attached hydrogens (tertiary/aromatic N) is 1. The SMILES string of the molecule is C1=CCC(C2=NC(C3=CC(c4cccc5ccccc45)CC(C4=Cc5ccccc5CC4)=C3)NC(c3ccccc3)=C2C2C=CC=CC2)C=C1. The van der Waals surface area contributed by atoms with Crippen LogP contribution in [0.2, 0.25) is 0 Å². The highest BCUT2D eigenvalue weighted by molar-refractivity contribution is 6.10. The molecule has 0 radical (unpaired) electrons. The van der Waals surface area contributed by atoms with Crippen molar-refractivity contribution in [2.45, 2.75) is 44.2 Å². The van der Waals surface area contributed by atoms with Crippen molar-refractivity contribution in [3.63, 3.8) is 0 Å². The fourth-order valence-electron chi connectivity index (χ4n) is 8.52. The summed E-state index contributed by atoms with van der Waals surface area (Å²) in [6, 6.07) is 35.5. The van der Waals surface area contributed by atoms with Crippen LogP contribution in [0.5, 0.6) is 0 Å². The van der Waals surface area contributed by atoms with Crippen LogP contribution >= 0.6 is 0 Å². The van der Waals surface area contributed by atoms with Gasteiger partial charge in [-0.3, -0.25) is 4.99 Å². The van der Waals surface area contributed by atoms with E-state index in [1.807, 2.05) is 0 Å². The van der Waals surface area contributed by atoms with E-state index >= 15 is 0 Å². The van der Waals surface area contributed by atoms with Crippen molar-refractivity contribution in [2.24, 2.45) is 16.8 Å². The number of aryl methyl sites for hydroxylation is 1. The number of hydrogen-bond donors (Lipinski definition) is 1. The van der Waals surface area contributed by atoms with Crippen molar-refractivity contribution in [1.82, 2.24) is 5.32 Å². The first-order valence-electron chi connectivity index (χ1n) is 18.3. The van der Waals surface area contributed by atoms with Gasteiger partial charge in [-0.05, 0) is 81.8 Å². The van der Waals surface area contributed by atoms with Crippen LogP contribution in [0.1, 0.15) is 53.9 Å². The number of fused-ring (bicyclic) bond motifs is 2. The van der Waals surface area contributed by atoms with Crippen LogP contribution < -0.4 is 5.32 Å². The predicted molar refractivity (Wildman–Crippen MR) is 211 cm³/mol. The summed E-state index contributed by atoms with van der Waals surface area (Å²) in [7, 11) is 0. The van der Waals surface area contributed by atoms with Gasteiger partial charge in [0.25, 0.3) is 0 Å². The second-order valence-corrected chi connectivity index (χ2v) is 14.1. The van der Waals surface area contributed by atoms with Crippen molar-refractivity contribution in [3.05, 3.63) is 202 Å². The van der Waals surface area contributed by atoms with Gasteiger partial charge in [0.05, 0.1) is 5.71 Å². The highest BCUT2D eigenvalue weighted by Gasteiger charge is 2.34. The van der Waals surface area contributed by atoms with Gasteiger partial charge in [0.15, 0.2) is 0 Å². The largest absolute Gasteiger partial charge is 0.359 e. The third-order valence-electron chi connectivity index (χ3n) is 11.0. The molecule has 1 heterocycles. The molecule has 0 fully saturated rings. The molecule has 0 saturated heterocycles. The predicted octanol–water partition coefficient (Wildman–Crippen LogP) is 11.3. The maximum Gasteiger partial charge on any atom is 0.144 e. The van der Waals surface area contributed by atoms with Crippen LogP contribution in [-0.2, 0) is 6.42 Å². The van der Waals surface area contributed by atoms with Crippen LogP contribution in [0.3, 0.4) is 0 Å². The van der Waals surface area contributed by atoms with Crippen molar-refractivity contribution >= 4 is 28.3 Å². The fraction of sp³-hybridized carbons (Fsp3) is 0.188. The zero-order chi connectivity index (χ0) is 33.3. The number of aliphatic imine (C=N–C) groups is 1. The van der Waals surface area contributed by atoms with Crippen LogP contribution in [0, 0.1) is 11.8 Å². The molecule has 2 heteroatoms. The fourth-order valence-corrected chi connectivity index (χ4v) is 8.52. The maximum atomic E-state index is 5.74. The normalized spacial score (nSPS) is 24.2. The van der Waals surface area contributed by atoms with Crippen LogP contribution in [0.25, 0.3) is 22.5 Å². The van der Waals surface area contributed by atoms with Crippen LogP contribution in [0.4, 0.5) is 0 Å². The standard InChI is InChI=1S/C48H42N2/c1-4-17-35(18-5-1)45-46(36-19-6-2-7-20-36)49-48(50-47(45)37-21-8-3-9-22-37)42-31-40(39-28-27-33-15-10-11-23-38(33)29-39)30-41(32-42)44-26-14-24-34-16-12-13-25-43(34)44/h1-17,19-21,23-26,29,31-32,35,37,41,48-49H,18,22,27-28,30H2. The van der Waals surface area contributed by atoms with Gasteiger partial charge < -0.3 is 5.32 Å². The second-order valence-electron chi connectivity index (χ2n) is 14.1. The summed E-state index contributed by atoms with van der Waals surface area (Å²) >= 11 is 0. The molecule has 4 aromatic carbocycles. The van der Waals surface area contributed by atoms with Gasteiger partial charge in [-0.1, -0.05) is 164 Å². The first-order chi connectivity index (χ1) is 24.8. The highest BCUT2D eigenvalue weighted by Crippen LogP contribution is 2.43. The smallest absolute Gasteiger partial charge is 0.144 e. The minimum atomic E-state index is -0.198. The summed E-state index contributed by atoms with van der Waals surface area (Å²) in [4.78, 5) is 5.74. The highest BCUT2D eigenvalue weighted by atomic mass is 15.1. The zero-order valence-electron chi connectivity index (χ0n) is 28.4. The Morgan fingerprint density at radius 3 is 2.22 bits per heavy atom. The molecule has 9 rings (SSSR count). The Labute approximate surface area is 296 Å². The van der Waals surface area contributed by atoms with Crippen molar-refractivity contribution in [1.29, 1.82) is 0 Å². The second kappa shape index (κ2) is 13.4. The summed E-state index contributed by atoms with van der Waals surface area (Å²) < 4.78 is 0. The van der Waals surface area contributed by atoms with Crippen molar-refractivity contribution in [3.8, 4) is 0 Å². The third kappa shape index (κ3) is 5.90. The molecule has 244 valence electrons. The molecule has 0 saturated carbocycles. The van der Waals surface area contributed by atoms with E-state index in [0.717, 1.165) is 32.1 Å². The van der Waals surface area contributed by atoms with E-state index in [4.69, 9.17) is 4.99 Å². The van der Waals surface area contributed by atoms with Crippen LogP contribution in [-0.4, -0.2) is 11.9 Å². The molecule has 0 aromatic heterocycles. The van der Waals surface area contributed by atoms with E-state index in [2.05, 4.69) is 169 Å². The van der Waals surface area contributed by atoms with E-state index in [1.54, 1.807) is 0 Å². The van der Waals surface area contributed by atoms with Gasteiger partial charge >= 0.3 is 0 Å². The van der Waals surface area contributed by atoms with Gasteiger partial charge in [0.1, 0.15) is 6.17 Å². The van der Waals surface area contributed by atoms with E-state index in [9.17, 15) is 0 Å². The van der Waals surface area contributed by atoms with E-state index < -0.39 is 0 Å². The lowest BCUT2D eigenvalue weighted by atomic mass is 9.77. The Kier molecular flexibility index (Phi) is 8.22. The number of rotatable bonds is 6. The van der Waals surface area contributed by atoms with E-state index in [0.29, 0.717) is 0 Å². The Hall–Kier alpha value is -5.47. The molecule has 2 nitrogen and oxygen atoms in total. The molecule has 0 spiro atoms. The van der Waals surface area contributed by atoms with Crippen molar-refractivity contribution in [2.75, 3.05) is 0 Å². The molecule has 5 aliphatic rings. The summed E-state index contributed by atoms with van der Waals surface area (Å²) in [5.41, 5.74) is 13.3. The molecular formula is C48H42N2. The Morgan fingerprint density at radius 1 is 0.620 bits per heavy atom. The quantitative estimate of drug-likeness (QED) is 0.221.